The van der Waals surface area contributed by atoms with Gasteiger partial charge in [-0.2, -0.15) is 5.10 Å². The molecule has 5 rings (SSSR count). The third-order valence-electron chi connectivity index (χ3n) is 6.75. The number of likely N-dealkylation sites (N-methyl/N-ethyl adjacent to an activating group) is 1. The van der Waals surface area contributed by atoms with E-state index in [1.54, 1.807) is 11.3 Å². The van der Waals surface area contributed by atoms with E-state index in [1.807, 2.05) is 33.9 Å². The van der Waals surface area contributed by atoms with Crippen LogP contribution in [0, 0.1) is 0 Å². The van der Waals surface area contributed by atoms with Gasteiger partial charge >= 0.3 is 0 Å². The van der Waals surface area contributed by atoms with Crippen LogP contribution in [0.1, 0.15) is 33.2 Å². The summed E-state index contributed by atoms with van der Waals surface area (Å²) in [6.45, 7) is 7.72. The first kappa shape index (κ1) is 23.0. The molecule has 178 valence electrons. The van der Waals surface area contributed by atoms with E-state index in [-0.39, 0.29) is 5.91 Å². The highest BCUT2D eigenvalue weighted by atomic mass is 32.1. The third-order valence-corrected chi connectivity index (χ3v) is 7.59. The van der Waals surface area contributed by atoms with E-state index < -0.39 is 0 Å². The lowest BCUT2D eigenvalue weighted by Gasteiger charge is -2.31. The number of aromatic nitrogens is 3. The van der Waals surface area contributed by atoms with E-state index in [9.17, 15) is 4.79 Å². The largest absolute Gasteiger partial charge is 0.378 e. The molecule has 0 saturated carbocycles. The van der Waals surface area contributed by atoms with Crippen LogP contribution in [0.4, 0.5) is 0 Å². The van der Waals surface area contributed by atoms with E-state index in [1.165, 1.54) is 5.69 Å². The summed E-state index contributed by atoms with van der Waals surface area (Å²) in [5, 5.41) is 8.00. The summed E-state index contributed by atoms with van der Waals surface area (Å²) in [5.74, 6) is 0.0260. The second kappa shape index (κ2) is 10.2. The molecule has 3 heterocycles. The van der Waals surface area contributed by atoms with Gasteiger partial charge in [-0.15, -0.1) is 17.9 Å². The SMILES string of the molecule is C=CCn1nc(C(=O)N2CCOCC2)c2c1CCC(N(C)Cc1nc(-c3ccccc3)cs1)C2. The summed E-state index contributed by atoms with van der Waals surface area (Å²) in [6.07, 6.45) is 4.62. The Hall–Kier alpha value is -2.81. The number of nitrogens with zero attached hydrogens (tertiary/aromatic N) is 5. The highest BCUT2D eigenvalue weighted by molar-refractivity contribution is 7.09. The number of ether oxygens (including phenoxy) is 1. The monoisotopic (exact) mass is 477 g/mol. The molecule has 7 nitrogen and oxygen atoms in total. The quantitative estimate of drug-likeness (QED) is 0.486. The van der Waals surface area contributed by atoms with Crippen LogP contribution in [0.2, 0.25) is 0 Å². The van der Waals surface area contributed by atoms with Gasteiger partial charge in [0.25, 0.3) is 5.91 Å². The van der Waals surface area contributed by atoms with Crippen molar-refractivity contribution in [1.29, 1.82) is 0 Å². The van der Waals surface area contributed by atoms with Crippen molar-refractivity contribution in [2.45, 2.75) is 38.4 Å². The average Bonchev–Trinajstić information content (AvgIpc) is 3.49. The van der Waals surface area contributed by atoms with Crippen LogP contribution in [0.3, 0.4) is 0 Å². The zero-order valence-corrected chi connectivity index (χ0v) is 20.5. The smallest absolute Gasteiger partial charge is 0.274 e. The number of carbonyl (C=O) groups excluding carboxylic acids is 1. The zero-order chi connectivity index (χ0) is 23.5. The number of fused-ring (bicyclic) bond motifs is 1. The Morgan fingerprint density at radius 1 is 1.29 bits per heavy atom. The number of hydrogen-bond donors (Lipinski definition) is 0. The van der Waals surface area contributed by atoms with Gasteiger partial charge in [0.15, 0.2) is 5.69 Å². The highest BCUT2D eigenvalue weighted by Gasteiger charge is 2.33. The second-order valence-corrected chi connectivity index (χ2v) is 9.90. The fourth-order valence-corrected chi connectivity index (χ4v) is 5.74. The molecule has 1 unspecified atom stereocenters. The molecule has 2 aromatic heterocycles. The first-order valence-corrected chi connectivity index (χ1v) is 12.8. The van der Waals surface area contributed by atoms with Crippen molar-refractivity contribution in [2.24, 2.45) is 0 Å². The highest BCUT2D eigenvalue weighted by Crippen LogP contribution is 2.30. The number of benzene rings is 1. The lowest BCUT2D eigenvalue weighted by Crippen LogP contribution is -2.42. The number of morpholine rings is 1. The molecule has 1 atom stereocenters. The van der Waals surface area contributed by atoms with Crippen molar-refractivity contribution >= 4 is 17.2 Å². The van der Waals surface area contributed by atoms with E-state index in [4.69, 9.17) is 14.8 Å². The molecule has 1 fully saturated rings. The Morgan fingerprint density at radius 3 is 2.85 bits per heavy atom. The number of allylic oxidation sites excluding steroid dienone is 1. The van der Waals surface area contributed by atoms with Crippen LogP contribution in [-0.4, -0.2) is 69.9 Å². The molecule has 0 bridgehead atoms. The number of carbonyl (C=O) groups is 1. The molecule has 3 aromatic rings. The molecule has 1 aliphatic heterocycles. The van der Waals surface area contributed by atoms with Crippen LogP contribution in [0.15, 0.2) is 48.4 Å². The van der Waals surface area contributed by atoms with Crippen molar-refractivity contribution in [3.63, 3.8) is 0 Å². The van der Waals surface area contributed by atoms with Crippen molar-refractivity contribution < 1.29 is 9.53 Å². The molecular weight excluding hydrogens is 446 g/mol. The van der Waals surface area contributed by atoms with Gasteiger partial charge in [0.05, 0.1) is 32.0 Å². The van der Waals surface area contributed by atoms with Gasteiger partial charge < -0.3 is 9.64 Å². The van der Waals surface area contributed by atoms with Crippen LogP contribution in [0.25, 0.3) is 11.3 Å². The van der Waals surface area contributed by atoms with Gasteiger partial charge in [-0.25, -0.2) is 4.98 Å². The summed E-state index contributed by atoms with van der Waals surface area (Å²) in [4.78, 5) is 22.5. The van der Waals surface area contributed by atoms with E-state index >= 15 is 0 Å². The minimum atomic E-state index is 0.0260. The predicted octanol–water partition coefficient (Wildman–Crippen LogP) is 3.65. The topological polar surface area (TPSA) is 63.5 Å². The lowest BCUT2D eigenvalue weighted by atomic mass is 9.90. The molecule has 1 saturated heterocycles. The normalized spacial score (nSPS) is 18.2. The maximum Gasteiger partial charge on any atom is 0.274 e. The van der Waals surface area contributed by atoms with Crippen molar-refractivity contribution in [2.75, 3.05) is 33.4 Å². The maximum absolute atomic E-state index is 13.3. The van der Waals surface area contributed by atoms with Crippen molar-refractivity contribution in [3.05, 3.63) is 70.3 Å². The average molecular weight is 478 g/mol. The molecule has 34 heavy (non-hydrogen) atoms. The number of thiazole rings is 1. The van der Waals surface area contributed by atoms with Gasteiger partial charge in [-0.1, -0.05) is 36.4 Å². The van der Waals surface area contributed by atoms with Crippen molar-refractivity contribution in [3.8, 4) is 11.3 Å². The van der Waals surface area contributed by atoms with Gasteiger partial charge in [0.1, 0.15) is 5.01 Å². The minimum absolute atomic E-state index is 0.0260. The Balaban J connectivity index is 1.33. The van der Waals surface area contributed by atoms with Crippen LogP contribution in [-0.2, 0) is 30.7 Å². The molecular formula is C26H31N5O2S. The third kappa shape index (κ3) is 4.71. The number of hydrogen-bond acceptors (Lipinski definition) is 6. The number of amides is 1. The first-order valence-electron chi connectivity index (χ1n) is 11.9. The van der Waals surface area contributed by atoms with Crippen molar-refractivity contribution in [1.82, 2.24) is 24.6 Å². The summed E-state index contributed by atoms with van der Waals surface area (Å²) in [7, 11) is 2.16. The number of rotatable bonds is 7. The molecule has 1 amide bonds. The van der Waals surface area contributed by atoms with E-state index in [0.717, 1.165) is 47.6 Å². The maximum atomic E-state index is 13.3. The van der Waals surface area contributed by atoms with E-state index in [0.29, 0.717) is 44.6 Å². The molecule has 0 radical (unpaired) electrons. The predicted molar refractivity (Wildman–Crippen MR) is 134 cm³/mol. The molecule has 0 N–H and O–H groups in total. The van der Waals surface area contributed by atoms with Gasteiger partial charge in [0, 0.05) is 41.3 Å². The van der Waals surface area contributed by atoms with Gasteiger partial charge in [-0.3, -0.25) is 14.4 Å². The molecule has 1 aromatic carbocycles. The Morgan fingerprint density at radius 2 is 2.09 bits per heavy atom. The lowest BCUT2D eigenvalue weighted by molar-refractivity contribution is 0.0297. The van der Waals surface area contributed by atoms with Crippen LogP contribution < -0.4 is 0 Å². The second-order valence-electron chi connectivity index (χ2n) is 8.95. The Bertz CT molecular complexity index is 1150. The molecule has 1 aliphatic carbocycles. The summed E-state index contributed by atoms with van der Waals surface area (Å²) in [6, 6.07) is 10.6. The summed E-state index contributed by atoms with van der Waals surface area (Å²) < 4.78 is 7.40. The Kier molecular flexibility index (Phi) is 6.89. The standard InChI is InChI=1S/C26H31N5O2S/c1-3-11-31-23-10-9-20(16-21(23)25(28-31)26(32)30-12-14-33-15-13-30)29(2)17-24-27-22(18-34-24)19-7-5-4-6-8-19/h3-8,18,20H,1,9-17H2,2H3. The summed E-state index contributed by atoms with van der Waals surface area (Å²) in [5.41, 5.74) is 5.07. The molecule has 8 heteroatoms. The fourth-order valence-electron chi connectivity index (χ4n) is 4.87. The zero-order valence-electron chi connectivity index (χ0n) is 19.7. The van der Waals surface area contributed by atoms with E-state index in [2.05, 4.69) is 36.0 Å². The van der Waals surface area contributed by atoms with Crippen LogP contribution >= 0.6 is 11.3 Å². The molecule has 2 aliphatic rings. The minimum Gasteiger partial charge on any atom is -0.378 e. The summed E-state index contributed by atoms with van der Waals surface area (Å²) >= 11 is 1.71. The van der Waals surface area contributed by atoms with Crippen LogP contribution in [0.5, 0.6) is 0 Å². The van der Waals surface area contributed by atoms with Gasteiger partial charge in [0.2, 0.25) is 0 Å². The first-order chi connectivity index (χ1) is 16.6. The van der Waals surface area contributed by atoms with Gasteiger partial charge in [-0.05, 0) is 26.3 Å². The Labute approximate surface area is 204 Å². The fraction of sp³-hybridized carbons (Fsp3) is 0.423. The molecule has 0 spiro atoms.